The molecule has 0 atom stereocenters. The molecular weight excluding hydrogens is 590 g/mol. The smallest absolute Gasteiger partial charge is 0.264 e. The van der Waals surface area contributed by atoms with Crippen molar-refractivity contribution < 1.29 is 31.1 Å². The number of hydrogen-bond acceptors (Lipinski definition) is 7. The quantitative estimate of drug-likeness (QED) is 0.250. The molecule has 13 heteroatoms. The second kappa shape index (κ2) is 12.1. The molecule has 0 aromatic heterocycles. The molecule has 0 spiro atoms. The van der Waals surface area contributed by atoms with Gasteiger partial charge in [0.25, 0.3) is 26.0 Å². The predicted molar refractivity (Wildman–Crippen MR) is 158 cm³/mol. The van der Waals surface area contributed by atoms with E-state index >= 15 is 0 Å². The largest absolute Gasteiger partial charge is 0.497 e. The zero-order valence-corrected chi connectivity index (χ0v) is 24.5. The number of nitrogens with zero attached hydrogens (tertiary/aromatic N) is 1. The van der Waals surface area contributed by atoms with E-state index in [1.165, 1.54) is 100 Å². The van der Waals surface area contributed by atoms with Gasteiger partial charge in [0.15, 0.2) is 0 Å². The molecule has 0 fully saturated rings. The summed E-state index contributed by atoms with van der Waals surface area (Å²) in [5, 5.41) is 3.12. The Labute approximate surface area is 243 Å². The standard InChI is InChI=1S/C28H26ClN3O7S2/c1-32(41(36,37)25-13-6-20(29)7-14-25)22-10-4-19(5-11-22)28(33)30-21-8-15-24(16-9-21)40(34,35)31-26-17-12-23(38-2)18-27(26)39-3/h4-18,31H,1-3H3,(H,30,33). The molecule has 0 unspecified atom stereocenters. The third-order valence-electron chi connectivity index (χ3n) is 6.04. The summed E-state index contributed by atoms with van der Waals surface area (Å²) in [5.74, 6) is 0.336. The molecule has 0 aliphatic heterocycles. The molecule has 0 aliphatic rings. The number of ether oxygens (including phenoxy) is 2. The molecule has 214 valence electrons. The number of nitrogens with one attached hydrogen (secondary N) is 2. The van der Waals surface area contributed by atoms with E-state index in [1.807, 2.05) is 0 Å². The molecule has 0 bridgehead atoms. The van der Waals surface area contributed by atoms with Crippen LogP contribution in [0.5, 0.6) is 11.5 Å². The van der Waals surface area contributed by atoms with Gasteiger partial charge < -0.3 is 14.8 Å². The van der Waals surface area contributed by atoms with Crippen molar-refractivity contribution in [1.29, 1.82) is 0 Å². The Morgan fingerprint density at radius 2 is 1.39 bits per heavy atom. The van der Waals surface area contributed by atoms with Crippen molar-refractivity contribution in [2.24, 2.45) is 0 Å². The van der Waals surface area contributed by atoms with Gasteiger partial charge in [0.1, 0.15) is 11.5 Å². The number of carbonyl (C=O) groups excluding carboxylic acids is 1. The zero-order valence-electron chi connectivity index (χ0n) is 22.2. The van der Waals surface area contributed by atoms with E-state index < -0.39 is 26.0 Å². The van der Waals surface area contributed by atoms with Crippen LogP contribution in [0.3, 0.4) is 0 Å². The number of hydrogen-bond donors (Lipinski definition) is 2. The van der Waals surface area contributed by atoms with Gasteiger partial charge in [-0.3, -0.25) is 13.8 Å². The summed E-state index contributed by atoms with van der Waals surface area (Å²) in [6, 6.07) is 22.1. The van der Waals surface area contributed by atoms with Crippen molar-refractivity contribution in [3.8, 4) is 11.5 Å². The Kier molecular flexibility index (Phi) is 8.76. The van der Waals surface area contributed by atoms with Crippen LogP contribution in [0, 0.1) is 0 Å². The van der Waals surface area contributed by atoms with Crippen molar-refractivity contribution in [1.82, 2.24) is 0 Å². The Hall–Kier alpha value is -4.26. The van der Waals surface area contributed by atoms with Crippen LogP contribution in [0.4, 0.5) is 17.1 Å². The molecule has 10 nitrogen and oxygen atoms in total. The van der Waals surface area contributed by atoms with Gasteiger partial charge in [-0.05, 0) is 84.9 Å². The van der Waals surface area contributed by atoms with E-state index in [1.54, 1.807) is 12.1 Å². The third-order valence-corrected chi connectivity index (χ3v) is 9.47. The van der Waals surface area contributed by atoms with Crippen molar-refractivity contribution >= 4 is 54.6 Å². The highest BCUT2D eigenvalue weighted by Crippen LogP contribution is 2.31. The molecule has 4 aromatic carbocycles. The first-order valence-corrected chi connectivity index (χ1v) is 15.3. The molecule has 4 rings (SSSR count). The van der Waals surface area contributed by atoms with Gasteiger partial charge in [0.2, 0.25) is 0 Å². The Balaban J connectivity index is 1.43. The Bertz CT molecular complexity index is 1760. The number of benzene rings is 4. The monoisotopic (exact) mass is 615 g/mol. The predicted octanol–water partition coefficient (Wildman–Crippen LogP) is 5.24. The van der Waals surface area contributed by atoms with Crippen LogP contribution in [0.25, 0.3) is 0 Å². The number of rotatable bonds is 10. The van der Waals surface area contributed by atoms with Crippen LogP contribution in [-0.2, 0) is 20.0 Å². The molecule has 0 aliphatic carbocycles. The van der Waals surface area contributed by atoms with Crippen LogP contribution in [0.15, 0.2) is 101 Å². The first kappa shape index (κ1) is 29.7. The van der Waals surface area contributed by atoms with Crippen LogP contribution in [0.2, 0.25) is 5.02 Å². The highest BCUT2D eigenvalue weighted by atomic mass is 35.5. The minimum absolute atomic E-state index is 0.0253. The molecule has 2 N–H and O–H groups in total. The molecule has 1 amide bonds. The van der Waals surface area contributed by atoms with E-state index in [0.717, 1.165) is 4.31 Å². The van der Waals surface area contributed by atoms with Crippen LogP contribution in [0.1, 0.15) is 10.4 Å². The molecule has 4 aromatic rings. The lowest BCUT2D eigenvalue weighted by molar-refractivity contribution is 0.102. The number of halogens is 1. The first-order valence-electron chi connectivity index (χ1n) is 12.0. The molecule has 0 radical (unpaired) electrons. The van der Waals surface area contributed by atoms with Crippen LogP contribution >= 0.6 is 11.6 Å². The summed E-state index contributed by atoms with van der Waals surface area (Å²) in [7, 11) is -3.46. The normalized spacial score (nSPS) is 11.4. The van der Waals surface area contributed by atoms with Gasteiger partial charge in [-0.1, -0.05) is 11.6 Å². The van der Waals surface area contributed by atoms with Gasteiger partial charge in [0, 0.05) is 29.4 Å². The summed E-state index contributed by atoms with van der Waals surface area (Å²) in [5.41, 5.74) is 1.23. The molecule has 0 saturated heterocycles. The zero-order chi connectivity index (χ0) is 29.8. The Morgan fingerprint density at radius 3 is 1.98 bits per heavy atom. The highest BCUT2D eigenvalue weighted by Gasteiger charge is 2.22. The van der Waals surface area contributed by atoms with E-state index in [0.29, 0.717) is 22.1 Å². The van der Waals surface area contributed by atoms with Gasteiger partial charge in [-0.2, -0.15) is 0 Å². The van der Waals surface area contributed by atoms with Crippen LogP contribution in [-0.4, -0.2) is 44.0 Å². The van der Waals surface area contributed by atoms with Crippen molar-refractivity contribution in [3.63, 3.8) is 0 Å². The first-order chi connectivity index (χ1) is 19.4. The summed E-state index contributed by atoms with van der Waals surface area (Å²) in [4.78, 5) is 12.8. The minimum atomic E-state index is -3.95. The van der Waals surface area contributed by atoms with E-state index in [-0.39, 0.29) is 26.8 Å². The fraction of sp³-hybridized carbons (Fsp3) is 0.107. The maximum atomic E-state index is 12.9. The van der Waals surface area contributed by atoms with Gasteiger partial charge in [-0.25, -0.2) is 16.8 Å². The highest BCUT2D eigenvalue weighted by molar-refractivity contribution is 7.93. The fourth-order valence-corrected chi connectivity index (χ4v) is 6.13. The molecule has 0 saturated carbocycles. The number of sulfonamides is 2. The second-order valence-corrected chi connectivity index (χ2v) is 12.7. The summed E-state index contributed by atoms with van der Waals surface area (Å²) >= 11 is 5.86. The van der Waals surface area contributed by atoms with E-state index in [9.17, 15) is 21.6 Å². The SMILES string of the molecule is COc1ccc(NS(=O)(=O)c2ccc(NC(=O)c3ccc(N(C)S(=O)(=O)c4ccc(Cl)cc4)cc3)cc2)c(OC)c1. The fourth-order valence-electron chi connectivity index (χ4n) is 3.73. The average molecular weight is 616 g/mol. The molecule has 41 heavy (non-hydrogen) atoms. The lowest BCUT2D eigenvalue weighted by atomic mass is 10.2. The second-order valence-electron chi connectivity index (χ2n) is 8.62. The lowest BCUT2D eigenvalue weighted by Gasteiger charge is -2.20. The number of methoxy groups -OCH3 is 2. The molecule has 0 heterocycles. The van der Waals surface area contributed by atoms with Gasteiger partial charge in [0.05, 0.1) is 35.4 Å². The number of amides is 1. The third kappa shape index (κ3) is 6.73. The average Bonchev–Trinajstić information content (AvgIpc) is 2.97. The minimum Gasteiger partial charge on any atom is -0.497 e. The molecular formula is C28H26ClN3O7S2. The van der Waals surface area contributed by atoms with Crippen molar-refractivity contribution in [2.45, 2.75) is 9.79 Å². The maximum Gasteiger partial charge on any atom is 0.264 e. The topological polar surface area (TPSA) is 131 Å². The van der Waals surface area contributed by atoms with Crippen molar-refractivity contribution in [3.05, 3.63) is 102 Å². The lowest BCUT2D eigenvalue weighted by Crippen LogP contribution is -2.26. The van der Waals surface area contributed by atoms with Gasteiger partial charge in [-0.15, -0.1) is 0 Å². The Morgan fingerprint density at radius 1 is 0.780 bits per heavy atom. The van der Waals surface area contributed by atoms with E-state index in [2.05, 4.69) is 10.0 Å². The number of carbonyl (C=O) groups is 1. The van der Waals surface area contributed by atoms with E-state index in [4.69, 9.17) is 21.1 Å². The maximum absolute atomic E-state index is 12.9. The summed E-state index contributed by atoms with van der Waals surface area (Å²) < 4.78 is 65.6. The summed E-state index contributed by atoms with van der Waals surface area (Å²) in [6.45, 7) is 0. The van der Waals surface area contributed by atoms with Crippen molar-refractivity contribution in [2.75, 3.05) is 35.6 Å². The van der Waals surface area contributed by atoms with Crippen LogP contribution < -0.4 is 23.8 Å². The summed E-state index contributed by atoms with van der Waals surface area (Å²) in [6.07, 6.45) is 0. The van der Waals surface area contributed by atoms with Gasteiger partial charge >= 0.3 is 0 Å². The number of anilines is 3.